The van der Waals surface area contributed by atoms with E-state index in [-0.39, 0.29) is 5.91 Å². The molecule has 6 heteroatoms. The average Bonchev–Trinajstić information content (AvgIpc) is 2.47. The van der Waals surface area contributed by atoms with Crippen molar-refractivity contribution in [2.45, 2.75) is 17.7 Å². The molecule has 1 N–H and O–H groups in total. The summed E-state index contributed by atoms with van der Waals surface area (Å²) in [7, 11) is 1.78. The molecule has 2 rings (SSSR count). The summed E-state index contributed by atoms with van der Waals surface area (Å²) in [5.41, 5.74) is -0.701. The Hall–Kier alpha value is -0.740. The van der Waals surface area contributed by atoms with Gasteiger partial charge >= 0.3 is 0 Å². The van der Waals surface area contributed by atoms with Crippen LogP contribution in [0.5, 0.6) is 0 Å². The van der Waals surface area contributed by atoms with Crippen molar-refractivity contribution < 1.29 is 4.79 Å². The molecule has 0 bridgehead atoms. The molecule has 1 heterocycles. The van der Waals surface area contributed by atoms with Crippen LogP contribution in [0.25, 0.3) is 0 Å². The van der Waals surface area contributed by atoms with Crippen molar-refractivity contribution in [2.75, 3.05) is 5.32 Å². The van der Waals surface area contributed by atoms with Gasteiger partial charge in [0.2, 0.25) is 5.91 Å². The van der Waals surface area contributed by atoms with Gasteiger partial charge in [0, 0.05) is 19.3 Å². The third-order valence-electron chi connectivity index (χ3n) is 2.71. The van der Waals surface area contributed by atoms with E-state index in [1.165, 1.54) is 0 Å². The van der Waals surface area contributed by atoms with E-state index in [1.807, 2.05) is 0 Å². The summed E-state index contributed by atoms with van der Waals surface area (Å²) in [6, 6.07) is 1.72. The maximum absolute atomic E-state index is 11.8. The molecule has 0 spiro atoms. The zero-order valence-corrected chi connectivity index (χ0v) is 9.93. The fourth-order valence-corrected chi connectivity index (χ4v) is 2.09. The van der Waals surface area contributed by atoms with Crippen LogP contribution in [0.4, 0.5) is 5.82 Å². The molecule has 82 valence electrons. The first-order valence-electron chi connectivity index (χ1n) is 4.54. The van der Waals surface area contributed by atoms with Crippen molar-refractivity contribution in [3.05, 3.63) is 12.3 Å². The quantitative estimate of drug-likeness (QED) is 0.813. The predicted molar refractivity (Wildman–Crippen MR) is 59.0 cm³/mol. The van der Waals surface area contributed by atoms with Gasteiger partial charge in [-0.15, -0.1) is 23.2 Å². The van der Waals surface area contributed by atoms with Crippen LogP contribution >= 0.6 is 23.2 Å². The van der Waals surface area contributed by atoms with Crippen LogP contribution in [-0.2, 0) is 11.8 Å². The number of amides is 1. The van der Waals surface area contributed by atoms with E-state index < -0.39 is 9.75 Å². The molecule has 0 radical (unpaired) electrons. The van der Waals surface area contributed by atoms with Gasteiger partial charge in [0.05, 0.1) is 5.41 Å². The lowest BCUT2D eigenvalue weighted by molar-refractivity contribution is -0.120. The third kappa shape index (κ3) is 1.72. The highest BCUT2D eigenvalue weighted by atomic mass is 35.5. The zero-order valence-electron chi connectivity index (χ0n) is 8.42. The molecular formula is C9H11Cl2N3O. The van der Waals surface area contributed by atoms with E-state index in [9.17, 15) is 4.79 Å². The summed E-state index contributed by atoms with van der Waals surface area (Å²) in [5, 5.41) is 6.72. The Bertz CT molecular complexity index is 415. The highest BCUT2D eigenvalue weighted by molar-refractivity contribution is 6.53. The van der Waals surface area contributed by atoms with E-state index in [4.69, 9.17) is 23.2 Å². The van der Waals surface area contributed by atoms with Crippen LogP contribution in [0.3, 0.4) is 0 Å². The number of rotatable bonds is 2. The minimum atomic E-state index is -0.939. The van der Waals surface area contributed by atoms with Crippen molar-refractivity contribution >= 4 is 34.9 Å². The van der Waals surface area contributed by atoms with Gasteiger partial charge in [0.25, 0.3) is 0 Å². The van der Waals surface area contributed by atoms with Crippen LogP contribution in [-0.4, -0.2) is 20.0 Å². The molecule has 1 aliphatic carbocycles. The van der Waals surface area contributed by atoms with Crippen LogP contribution in [0.15, 0.2) is 12.3 Å². The van der Waals surface area contributed by atoms with Gasteiger partial charge in [-0.2, -0.15) is 5.10 Å². The Morgan fingerprint density at radius 1 is 1.67 bits per heavy atom. The van der Waals surface area contributed by atoms with E-state index in [0.717, 1.165) is 0 Å². The van der Waals surface area contributed by atoms with Crippen molar-refractivity contribution in [3.63, 3.8) is 0 Å². The lowest BCUT2D eigenvalue weighted by Gasteiger charge is -2.10. The van der Waals surface area contributed by atoms with Crippen molar-refractivity contribution in [2.24, 2.45) is 12.5 Å². The third-order valence-corrected chi connectivity index (χ3v) is 3.82. The Labute approximate surface area is 97.5 Å². The first-order chi connectivity index (χ1) is 6.85. The molecule has 0 unspecified atom stereocenters. The summed E-state index contributed by atoms with van der Waals surface area (Å²) < 4.78 is 0.672. The maximum atomic E-state index is 11.8. The van der Waals surface area contributed by atoms with Crippen LogP contribution in [0, 0.1) is 5.41 Å². The molecule has 0 aromatic carbocycles. The molecule has 1 aromatic rings. The summed E-state index contributed by atoms with van der Waals surface area (Å²) in [6.07, 6.45) is 2.22. The second kappa shape index (κ2) is 3.12. The number of halogens is 2. The number of hydrogen-bond acceptors (Lipinski definition) is 2. The largest absolute Gasteiger partial charge is 0.309 e. The molecule has 0 saturated heterocycles. The van der Waals surface area contributed by atoms with Crippen LogP contribution < -0.4 is 5.32 Å². The highest BCUT2D eigenvalue weighted by Crippen LogP contribution is 2.64. The molecule has 15 heavy (non-hydrogen) atoms. The molecular weight excluding hydrogens is 237 g/mol. The average molecular weight is 248 g/mol. The number of alkyl halides is 2. The lowest BCUT2D eigenvalue weighted by Crippen LogP contribution is -2.26. The van der Waals surface area contributed by atoms with Gasteiger partial charge in [0.15, 0.2) is 5.82 Å². The van der Waals surface area contributed by atoms with E-state index in [1.54, 1.807) is 30.9 Å². The van der Waals surface area contributed by atoms with Gasteiger partial charge in [-0.3, -0.25) is 9.48 Å². The molecule has 1 saturated carbocycles. The molecule has 1 fully saturated rings. The molecule has 1 amide bonds. The van der Waals surface area contributed by atoms with Crippen LogP contribution in [0.2, 0.25) is 0 Å². The van der Waals surface area contributed by atoms with Crippen LogP contribution in [0.1, 0.15) is 13.3 Å². The SMILES string of the molecule is Cn1ccc(NC(=O)[C@]2(C)CC2(Cl)Cl)n1. The number of aromatic nitrogens is 2. The lowest BCUT2D eigenvalue weighted by atomic mass is 10.1. The van der Waals surface area contributed by atoms with Gasteiger partial charge in [-0.1, -0.05) is 0 Å². The second-order valence-electron chi connectivity index (χ2n) is 4.04. The molecule has 0 aliphatic heterocycles. The molecule has 1 aromatic heterocycles. The summed E-state index contributed by atoms with van der Waals surface area (Å²) in [4.78, 5) is 11.8. The van der Waals surface area contributed by atoms with Gasteiger partial charge in [-0.05, 0) is 13.3 Å². The number of anilines is 1. The second-order valence-corrected chi connectivity index (χ2v) is 5.53. The fourth-order valence-electron chi connectivity index (χ4n) is 1.38. The monoisotopic (exact) mass is 247 g/mol. The number of nitrogens with one attached hydrogen (secondary N) is 1. The standard InChI is InChI=1S/C9H11Cl2N3O/c1-8(5-9(8,10)11)7(15)12-6-3-4-14(2)13-6/h3-4H,5H2,1-2H3,(H,12,13,15)/t8-/m0/s1. The van der Waals surface area contributed by atoms with Crippen molar-refractivity contribution in [3.8, 4) is 0 Å². The Morgan fingerprint density at radius 3 is 2.67 bits per heavy atom. The zero-order chi connectivity index (χ0) is 11.3. The number of hydrogen-bond donors (Lipinski definition) is 1. The summed E-state index contributed by atoms with van der Waals surface area (Å²) in [6.45, 7) is 1.74. The number of carbonyl (C=O) groups is 1. The van der Waals surface area contributed by atoms with Gasteiger partial charge in [-0.25, -0.2) is 0 Å². The van der Waals surface area contributed by atoms with E-state index >= 15 is 0 Å². The Kier molecular flexibility index (Phi) is 2.24. The Balaban J connectivity index is 2.06. The molecule has 1 atom stereocenters. The first-order valence-corrected chi connectivity index (χ1v) is 5.30. The van der Waals surface area contributed by atoms with Crippen molar-refractivity contribution in [1.82, 2.24) is 9.78 Å². The van der Waals surface area contributed by atoms with Gasteiger partial charge < -0.3 is 5.32 Å². The van der Waals surface area contributed by atoms with Gasteiger partial charge in [0.1, 0.15) is 4.33 Å². The summed E-state index contributed by atoms with van der Waals surface area (Å²) >= 11 is 11.8. The highest BCUT2D eigenvalue weighted by Gasteiger charge is 2.67. The number of carbonyl (C=O) groups excluding carboxylic acids is 1. The topological polar surface area (TPSA) is 46.9 Å². The molecule has 1 aliphatic rings. The smallest absolute Gasteiger partial charge is 0.234 e. The molecule has 4 nitrogen and oxygen atoms in total. The minimum Gasteiger partial charge on any atom is -0.309 e. The first kappa shape index (κ1) is 10.8. The Morgan fingerprint density at radius 2 is 2.27 bits per heavy atom. The maximum Gasteiger partial charge on any atom is 0.234 e. The number of aryl methyl sites for hydroxylation is 1. The predicted octanol–water partition coefficient (Wildman–Crippen LogP) is 1.94. The fraction of sp³-hybridized carbons (Fsp3) is 0.556. The summed E-state index contributed by atoms with van der Waals surface area (Å²) in [5.74, 6) is 0.325. The van der Waals surface area contributed by atoms with E-state index in [0.29, 0.717) is 12.2 Å². The minimum absolute atomic E-state index is 0.189. The van der Waals surface area contributed by atoms with Crippen molar-refractivity contribution in [1.29, 1.82) is 0 Å². The number of nitrogens with zero attached hydrogens (tertiary/aromatic N) is 2. The normalized spacial score (nSPS) is 27.5. The van der Waals surface area contributed by atoms with E-state index in [2.05, 4.69) is 10.4 Å².